The maximum absolute atomic E-state index is 12.6. The monoisotopic (exact) mass is 350 g/mol. The molecule has 0 aliphatic carbocycles. The minimum absolute atomic E-state index is 0.0650. The molecule has 0 spiro atoms. The summed E-state index contributed by atoms with van der Waals surface area (Å²) in [5.74, 6) is 0. The summed E-state index contributed by atoms with van der Waals surface area (Å²) in [6.45, 7) is 5.21. The molecule has 130 valence electrons. The molecule has 0 amide bonds. The largest absolute Gasteiger partial charge is 0.380 e. The zero-order valence-corrected chi connectivity index (χ0v) is 14.7. The molecule has 1 N–H and O–H groups in total. The fourth-order valence-corrected chi connectivity index (χ4v) is 3.66. The van der Waals surface area contributed by atoms with E-state index in [0.29, 0.717) is 25.2 Å². The Morgan fingerprint density at radius 3 is 3.00 bits per heavy atom. The van der Waals surface area contributed by atoms with E-state index < -0.39 is 16.1 Å². The van der Waals surface area contributed by atoms with Gasteiger partial charge in [0.1, 0.15) is 0 Å². The Morgan fingerprint density at radius 1 is 1.50 bits per heavy atom. The number of nitrogens with one attached hydrogen (secondary N) is 1. The molecule has 1 aromatic rings. The first-order valence-electron chi connectivity index (χ1n) is 7.77. The minimum atomic E-state index is -3.74. The van der Waals surface area contributed by atoms with Crippen LogP contribution in [0.5, 0.6) is 0 Å². The van der Waals surface area contributed by atoms with Gasteiger partial charge in [0.15, 0.2) is 0 Å². The molecule has 1 aliphatic heterocycles. The molecule has 1 heterocycles. The third-order valence-electron chi connectivity index (χ3n) is 3.67. The van der Waals surface area contributed by atoms with Crippen LogP contribution in [0.15, 0.2) is 40.8 Å². The quantitative estimate of drug-likeness (QED) is 0.793. The highest BCUT2D eigenvalue weighted by atomic mass is 32.2. The summed E-state index contributed by atoms with van der Waals surface area (Å²) < 4.78 is 38.9. The standard InChI is InChI=1S/C17H22N2O4S/c1-13(2)6-9-23-17-7-8-22-12-16(17)19-24(20,21)15-5-3-4-14(10-15)11-18/h3-6,10,16-17,19H,7-9,12H2,1-2H3/t16-,17+/m0/s1. The van der Waals surface area contributed by atoms with E-state index in [9.17, 15) is 8.42 Å². The number of allylic oxidation sites excluding steroid dienone is 1. The Hall–Kier alpha value is -1.72. The van der Waals surface area contributed by atoms with E-state index >= 15 is 0 Å². The molecule has 1 aromatic carbocycles. The first-order valence-corrected chi connectivity index (χ1v) is 9.26. The van der Waals surface area contributed by atoms with E-state index in [4.69, 9.17) is 14.7 Å². The van der Waals surface area contributed by atoms with Crippen molar-refractivity contribution in [3.63, 3.8) is 0 Å². The van der Waals surface area contributed by atoms with Crippen LogP contribution in [-0.2, 0) is 19.5 Å². The van der Waals surface area contributed by atoms with Gasteiger partial charge in [-0.1, -0.05) is 17.7 Å². The normalized spacial score (nSPS) is 21.0. The van der Waals surface area contributed by atoms with Crippen LogP contribution < -0.4 is 4.72 Å². The molecule has 0 aromatic heterocycles. The van der Waals surface area contributed by atoms with Crippen molar-refractivity contribution in [3.8, 4) is 6.07 Å². The molecule has 7 heteroatoms. The maximum Gasteiger partial charge on any atom is 0.241 e. The molecule has 0 unspecified atom stereocenters. The topological polar surface area (TPSA) is 88.4 Å². The number of hydrogen-bond acceptors (Lipinski definition) is 5. The highest BCUT2D eigenvalue weighted by Gasteiger charge is 2.30. The first kappa shape index (κ1) is 18.6. The van der Waals surface area contributed by atoms with Crippen molar-refractivity contribution in [1.29, 1.82) is 5.26 Å². The summed E-state index contributed by atoms with van der Waals surface area (Å²) >= 11 is 0. The van der Waals surface area contributed by atoms with Gasteiger partial charge in [-0.2, -0.15) is 5.26 Å². The van der Waals surface area contributed by atoms with Crippen molar-refractivity contribution in [2.45, 2.75) is 37.3 Å². The lowest BCUT2D eigenvalue weighted by atomic mass is 10.1. The lowest BCUT2D eigenvalue weighted by Crippen LogP contribution is -2.50. The van der Waals surface area contributed by atoms with Crippen LogP contribution in [-0.4, -0.2) is 40.4 Å². The Labute approximate surface area is 143 Å². The van der Waals surface area contributed by atoms with Crippen LogP contribution in [0.1, 0.15) is 25.8 Å². The molecule has 2 atom stereocenters. The van der Waals surface area contributed by atoms with Gasteiger partial charge in [0.05, 0.1) is 41.9 Å². The molecule has 1 saturated heterocycles. The molecular weight excluding hydrogens is 328 g/mol. The van der Waals surface area contributed by atoms with E-state index in [1.54, 1.807) is 12.1 Å². The van der Waals surface area contributed by atoms with Gasteiger partial charge in [0.25, 0.3) is 0 Å². The summed E-state index contributed by atoms with van der Waals surface area (Å²) in [5.41, 5.74) is 1.45. The second kappa shape index (κ2) is 8.40. The van der Waals surface area contributed by atoms with Gasteiger partial charge in [-0.05, 0) is 38.5 Å². The maximum atomic E-state index is 12.6. The molecule has 0 bridgehead atoms. The smallest absolute Gasteiger partial charge is 0.241 e. The number of hydrogen-bond donors (Lipinski definition) is 1. The van der Waals surface area contributed by atoms with Crippen molar-refractivity contribution in [2.24, 2.45) is 0 Å². The van der Waals surface area contributed by atoms with Gasteiger partial charge < -0.3 is 9.47 Å². The van der Waals surface area contributed by atoms with Crippen molar-refractivity contribution in [1.82, 2.24) is 4.72 Å². The predicted molar refractivity (Wildman–Crippen MR) is 89.9 cm³/mol. The summed E-state index contributed by atoms with van der Waals surface area (Å²) in [6.07, 6.45) is 2.34. The molecule has 0 radical (unpaired) electrons. The fraction of sp³-hybridized carbons (Fsp3) is 0.471. The van der Waals surface area contributed by atoms with Crippen molar-refractivity contribution in [3.05, 3.63) is 41.5 Å². The van der Waals surface area contributed by atoms with E-state index in [1.165, 1.54) is 12.1 Å². The number of ether oxygens (including phenoxy) is 2. The average molecular weight is 350 g/mol. The molecule has 2 rings (SSSR count). The number of benzene rings is 1. The molecule has 1 fully saturated rings. The average Bonchev–Trinajstić information content (AvgIpc) is 2.56. The Morgan fingerprint density at radius 2 is 2.29 bits per heavy atom. The number of nitrogens with zero attached hydrogens (tertiary/aromatic N) is 1. The lowest BCUT2D eigenvalue weighted by Gasteiger charge is -2.31. The van der Waals surface area contributed by atoms with Gasteiger partial charge in [-0.3, -0.25) is 0 Å². The summed E-state index contributed by atoms with van der Waals surface area (Å²) in [5, 5.41) is 8.92. The second-order valence-electron chi connectivity index (χ2n) is 5.88. The van der Waals surface area contributed by atoms with Crippen LogP contribution in [0.25, 0.3) is 0 Å². The molecule has 0 saturated carbocycles. The van der Waals surface area contributed by atoms with Gasteiger partial charge in [0.2, 0.25) is 10.0 Å². The van der Waals surface area contributed by atoms with E-state index in [-0.39, 0.29) is 17.6 Å². The zero-order valence-electron chi connectivity index (χ0n) is 13.9. The van der Waals surface area contributed by atoms with E-state index in [1.807, 2.05) is 26.0 Å². The van der Waals surface area contributed by atoms with E-state index in [2.05, 4.69) is 4.72 Å². The van der Waals surface area contributed by atoms with Crippen LogP contribution in [0, 0.1) is 11.3 Å². The highest BCUT2D eigenvalue weighted by Crippen LogP contribution is 2.17. The minimum Gasteiger partial charge on any atom is -0.380 e. The molecular formula is C17H22N2O4S. The lowest BCUT2D eigenvalue weighted by molar-refractivity contribution is -0.0418. The van der Waals surface area contributed by atoms with Gasteiger partial charge >= 0.3 is 0 Å². The Balaban J connectivity index is 2.10. The van der Waals surface area contributed by atoms with Gasteiger partial charge in [0, 0.05) is 6.61 Å². The van der Waals surface area contributed by atoms with Crippen LogP contribution in [0.4, 0.5) is 0 Å². The Kier molecular flexibility index (Phi) is 6.52. The third kappa shape index (κ3) is 5.14. The summed E-state index contributed by atoms with van der Waals surface area (Å²) in [4.78, 5) is 0.0650. The molecule has 6 nitrogen and oxygen atoms in total. The second-order valence-corrected chi connectivity index (χ2v) is 7.60. The fourth-order valence-electron chi connectivity index (χ4n) is 2.37. The number of rotatable bonds is 6. The first-order chi connectivity index (χ1) is 11.4. The molecule has 1 aliphatic rings. The SMILES string of the molecule is CC(C)=CCO[C@@H]1CCOC[C@@H]1NS(=O)(=O)c1cccc(C#N)c1. The van der Waals surface area contributed by atoms with Crippen molar-refractivity contribution >= 4 is 10.0 Å². The highest BCUT2D eigenvalue weighted by molar-refractivity contribution is 7.89. The van der Waals surface area contributed by atoms with Crippen molar-refractivity contribution in [2.75, 3.05) is 19.8 Å². The van der Waals surface area contributed by atoms with Crippen LogP contribution in [0.3, 0.4) is 0 Å². The third-order valence-corrected chi connectivity index (χ3v) is 5.16. The zero-order chi connectivity index (χ0) is 17.6. The summed E-state index contributed by atoms with van der Waals surface area (Å²) in [7, 11) is -3.74. The number of nitriles is 1. The number of sulfonamides is 1. The van der Waals surface area contributed by atoms with Crippen LogP contribution >= 0.6 is 0 Å². The Bertz CT molecular complexity index is 733. The van der Waals surface area contributed by atoms with Gasteiger partial charge in [-0.15, -0.1) is 0 Å². The van der Waals surface area contributed by atoms with E-state index in [0.717, 1.165) is 5.57 Å². The molecule has 24 heavy (non-hydrogen) atoms. The van der Waals surface area contributed by atoms with Gasteiger partial charge in [-0.25, -0.2) is 13.1 Å². The predicted octanol–water partition coefficient (Wildman–Crippen LogP) is 1.98. The van der Waals surface area contributed by atoms with Crippen molar-refractivity contribution < 1.29 is 17.9 Å². The van der Waals surface area contributed by atoms with Crippen LogP contribution in [0.2, 0.25) is 0 Å². The summed E-state index contributed by atoms with van der Waals surface area (Å²) in [6, 6.07) is 7.41.